The molecule has 0 radical (unpaired) electrons. The highest BCUT2D eigenvalue weighted by atomic mass is 35.5. The molecule has 0 bridgehead atoms. The second-order valence-electron chi connectivity index (χ2n) is 5.22. The minimum absolute atomic E-state index is 0.0335. The molecule has 5 nitrogen and oxygen atoms in total. The Kier molecular flexibility index (Phi) is 4.31. The lowest BCUT2D eigenvalue weighted by atomic mass is 9.99. The molecule has 3 rings (SSSR count). The van der Waals surface area contributed by atoms with Crippen molar-refractivity contribution in [2.45, 2.75) is 13.1 Å². The van der Waals surface area contributed by atoms with Gasteiger partial charge >= 0.3 is 5.63 Å². The van der Waals surface area contributed by atoms with Crippen molar-refractivity contribution < 1.29 is 13.7 Å². The lowest BCUT2D eigenvalue weighted by Crippen LogP contribution is -2.12. The fourth-order valence-electron chi connectivity index (χ4n) is 2.59. The van der Waals surface area contributed by atoms with Crippen molar-refractivity contribution in [3.8, 4) is 0 Å². The molecule has 7 heteroatoms. The first-order valence-electron chi connectivity index (χ1n) is 7.03. The van der Waals surface area contributed by atoms with E-state index in [1.807, 2.05) is 0 Å². The standard InChI is InChI=1S/C17H11ClFNO4/c18-11-4-5-16-13(8-11)15(9-19)14(17(21)24-16)7-10-2-1-3-12(6-10)20(22)23/h1-6,8H,7,9H2. The quantitative estimate of drug-likeness (QED) is 0.398. The molecule has 1 aromatic heterocycles. The number of nitro groups is 1. The van der Waals surface area contributed by atoms with Crippen LogP contribution in [0.15, 0.2) is 51.7 Å². The van der Waals surface area contributed by atoms with Gasteiger partial charge in [0.05, 0.1) is 4.92 Å². The van der Waals surface area contributed by atoms with Crippen molar-refractivity contribution in [2.75, 3.05) is 0 Å². The lowest BCUT2D eigenvalue weighted by molar-refractivity contribution is -0.384. The van der Waals surface area contributed by atoms with Crippen LogP contribution in [0.1, 0.15) is 16.7 Å². The van der Waals surface area contributed by atoms with Gasteiger partial charge in [-0.2, -0.15) is 0 Å². The van der Waals surface area contributed by atoms with Crippen LogP contribution in [0.3, 0.4) is 0 Å². The first kappa shape index (κ1) is 16.1. The summed E-state index contributed by atoms with van der Waals surface area (Å²) in [5.74, 6) is 0. The van der Waals surface area contributed by atoms with Gasteiger partial charge in [-0.05, 0) is 23.8 Å². The van der Waals surface area contributed by atoms with Gasteiger partial charge < -0.3 is 4.42 Å². The van der Waals surface area contributed by atoms with Gasteiger partial charge in [0.15, 0.2) is 0 Å². The summed E-state index contributed by atoms with van der Waals surface area (Å²) < 4.78 is 18.8. The minimum atomic E-state index is -0.868. The van der Waals surface area contributed by atoms with Crippen LogP contribution in [-0.2, 0) is 13.1 Å². The van der Waals surface area contributed by atoms with Crippen molar-refractivity contribution in [2.24, 2.45) is 0 Å². The zero-order valence-electron chi connectivity index (χ0n) is 12.3. The summed E-state index contributed by atoms with van der Waals surface area (Å²) in [6.45, 7) is -0.868. The SMILES string of the molecule is O=c1oc2ccc(Cl)cc2c(CF)c1Cc1cccc([N+](=O)[O-])c1. The molecule has 0 spiro atoms. The minimum Gasteiger partial charge on any atom is -0.422 e. The van der Waals surface area contributed by atoms with Crippen LogP contribution in [0.25, 0.3) is 11.0 Å². The third-order valence-electron chi connectivity index (χ3n) is 3.72. The van der Waals surface area contributed by atoms with Gasteiger partial charge in [-0.15, -0.1) is 0 Å². The van der Waals surface area contributed by atoms with Gasteiger partial charge in [0.1, 0.15) is 12.3 Å². The van der Waals surface area contributed by atoms with Crippen LogP contribution in [0.4, 0.5) is 10.1 Å². The maximum absolute atomic E-state index is 13.6. The van der Waals surface area contributed by atoms with Gasteiger partial charge in [0.2, 0.25) is 0 Å². The lowest BCUT2D eigenvalue weighted by Gasteiger charge is -2.09. The molecule has 0 saturated carbocycles. The number of nitro benzene ring substituents is 1. The van der Waals surface area contributed by atoms with Crippen molar-refractivity contribution in [1.29, 1.82) is 0 Å². The third kappa shape index (κ3) is 3.00. The van der Waals surface area contributed by atoms with Gasteiger partial charge in [-0.25, -0.2) is 9.18 Å². The molecule has 0 atom stereocenters. The Balaban J connectivity index is 2.15. The van der Waals surface area contributed by atoms with E-state index in [1.54, 1.807) is 12.1 Å². The summed E-state index contributed by atoms with van der Waals surface area (Å²) in [6.07, 6.45) is 0.0335. The first-order valence-corrected chi connectivity index (χ1v) is 7.41. The number of non-ortho nitro benzene ring substituents is 1. The van der Waals surface area contributed by atoms with Crippen molar-refractivity contribution in [3.05, 3.63) is 84.7 Å². The molecular weight excluding hydrogens is 337 g/mol. The molecular formula is C17H11ClFNO4. The van der Waals surface area contributed by atoms with E-state index in [9.17, 15) is 19.3 Å². The summed E-state index contributed by atoms with van der Waals surface area (Å²) in [6, 6.07) is 10.4. The number of hydrogen-bond donors (Lipinski definition) is 0. The maximum atomic E-state index is 13.6. The molecule has 122 valence electrons. The van der Waals surface area contributed by atoms with E-state index in [1.165, 1.54) is 30.3 Å². The van der Waals surface area contributed by atoms with E-state index in [0.717, 1.165) is 0 Å². The van der Waals surface area contributed by atoms with Crippen LogP contribution in [0.2, 0.25) is 5.02 Å². The number of halogens is 2. The van der Waals surface area contributed by atoms with E-state index < -0.39 is 17.2 Å². The summed E-state index contributed by atoms with van der Waals surface area (Å²) in [7, 11) is 0. The number of rotatable bonds is 4. The molecule has 0 aliphatic carbocycles. The monoisotopic (exact) mass is 347 g/mol. The Hall–Kier alpha value is -2.73. The Morgan fingerprint density at radius 3 is 2.67 bits per heavy atom. The smallest absolute Gasteiger partial charge is 0.340 e. The van der Waals surface area contributed by atoms with Crippen molar-refractivity contribution in [1.82, 2.24) is 0 Å². The molecule has 0 aliphatic rings. The van der Waals surface area contributed by atoms with E-state index in [4.69, 9.17) is 16.0 Å². The molecule has 0 saturated heterocycles. The van der Waals surface area contributed by atoms with Crippen molar-refractivity contribution in [3.63, 3.8) is 0 Å². The predicted molar refractivity (Wildman–Crippen MR) is 88.2 cm³/mol. The Morgan fingerprint density at radius 2 is 1.96 bits per heavy atom. The Labute approximate surface area is 140 Å². The summed E-state index contributed by atoms with van der Waals surface area (Å²) in [4.78, 5) is 22.6. The fourth-order valence-corrected chi connectivity index (χ4v) is 2.76. The van der Waals surface area contributed by atoms with Crippen LogP contribution >= 0.6 is 11.6 Å². The average Bonchev–Trinajstić information content (AvgIpc) is 2.56. The van der Waals surface area contributed by atoms with Crippen LogP contribution in [0, 0.1) is 10.1 Å². The van der Waals surface area contributed by atoms with Crippen LogP contribution in [-0.4, -0.2) is 4.92 Å². The predicted octanol–water partition coefficient (Wildman–Crippen LogP) is 4.41. The van der Waals surface area contributed by atoms with Crippen LogP contribution in [0.5, 0.6) is 0 Å². The molecule has 0 aliphatic heterocycles. The summed E-state index contributed by atoms with van der Waals surface area (Å²) in [5.41, 5.74) is 0.335. The Bertz CT molecular complexity index is 1000. The summed E-state index contributed by atoms with van der Waals surface area (Å²) >= 11 is 5.94. The molecule has 0 N–H and O–H groups in total. The van der Waals surface area contributed by atoms with Gasteiger partial charge in [-0.1, -0.05) is 23.7 Å². The topological polar surface area (TPSA) is 73.3 Å². The molecule has 2 aromatic carbocycles. The third-order valence-corrected chi connectivity index (χ3v) is 3.95. The number of benzene rings is 2. The van der Waals surface area contributed by atoms with E-state index in [2.05, 4.69) is 0 Å². The maximum Gasteiger partial charge on any atom is 0.340 e. The molecule has 0 fully saturated rings. The largest absolute Gasteiger partial charge is 0.422 e. The first-order chi connectivity index (χ1) is 11.5. The van der Waals surface area contributed by atoms with Gasteiger partial charge in [0.25, 0.3) is 5.69 Å². The zero-order chi connectivity index (χ0) is 17.3. The summed E-state index contributed by atoms with van der Waals surface area (Å²) in [5, 5.41) is 11.7. The van der Waals surface area contributed by atoms with E-state index >= 15 is 0 Å². The van der Waals surface area contributed by atoms with Gasteiger partial charge in [-0.3, -0.25) is 10.1 Å². The zero-order valence-corrected chi connectivity index (χ0v) is 13.0. The number of alkyl halides is 1. The highest BCUT2D eigenvalue weighted by molar-refractivity contribution is 6.31. The molecule has 1 heterocycles. The molecule has 0 amide bonds. The highest BCUT2D eigenvalue weighted by Crippen LogP contribution is 2.26. The van der Waals surface area contributed by atoms with E-state index in [-0.39, 0.29) is 28.8 Å². The number of fused-ring (bicyclic) bond motifs is 1. The average molecular weight is 348 g/mol. The normalized spacial score (nSPS) is 10.9. The fraction of sp³-hybridized carbons (Fsp3) is 0.118. The number of hydrogen-bond acceptors (Lipinski definition) is 4. The molecule has 24 heavy (non-hydrogen) atoms. The van der Waals surface area contributed by atoms with Crippen LogP contribution < -0.4 is 5.63 Å². The second kappa shape index (κ2) is 6.41. The molecule has 3 aromatic rings. The Morgan fingerprint density at radius 1 is 1.17 bits per heavy atom. The van der Waals surface area contributed by atoms with Crippen molar-refractivity contribution >= 4 is 28.3 Å². The second-order valence-corrected chi connectivity index (χ2v) is 5.66. The van der Waals surface area contributed by atoms with Gasteiger partial charge in [0, 0.05) is 40.1 Å². The van der Waals surface area contributed by atoms with E-state index in [0.29, 0.717) is 16.0 Å². The number of nitrogens with zero attached hydrogens (tertiary/aromatic N) is 1. The molecule has 0 unspecified atom stereocenters. The highest BCUT2D eigenvalue weighted by Gasteiger charge is 2.16.